The van der Waals surface area contributed by atoms with Gasteiger partial charge in [0.15, 0.2) is 11.5 Å². The van der Waals surface area contributed by atoms with Crippen LogP contribution in [-0.2, 0) is 9.59 Å². The van der Waals surface area contributed by atoms with Crippen molar-refractivity contribution in [3.63, 3.8) is 0 Å². The number of aliphatic carboxylic acids is 1. The highest BCUT2D eigenvalue weighted by atomic mass is 32.2. The number of rotatable bonds is 10. The van der Waals surface area contributed by atoms with Gasteiger partial charge in [0.25, 0.3) is 5.91 Å². The summed E-state index contributed by atoms with van der Waals surface area (Å²) < 4.78 is 15.6. The molecule has 26 heavy (non-hydrogen) atoms. The molecule has 0 bridgehead atoms. The van der Waals surface area contributed by atoms with Crippen molar-refractivity contribution in [2.75, 3.05) is 26.2 Å². The van der Waals surface area contributed by atoms with Crippen LogP contribution in [0.5, 0.6) is 17.2 Å². The molecule has 0 saturated carbocycles. The van der Waals surface area contributed by atoms with Gasteiger partial charge in [0.2, 0.25) is 5.75 Å². The average Bonchev–Trinajstić information content (AvgIpc) is 2.64. The van der Waals surface area contributed by atoms with E-state index in [2.05, 4.69) is 5.32 Å². The van der Waals surface area contributed by atoms with Crippen LogP contribution in [-0.4, -0.2) is 55.2 Å². The van der Waals surface area contributed by atoms with Gasteiger partial charge in [0, 0.05) is 12.0 Å². The van der Waals surface area contributed by atoms with Crippen LogP contribution in [0.2, 0.25) is 0 Å². The molecule has 0 saturated heterocycles. The van der Waals surface area contributed by atoms with E-state index in [0.717, 1.165) is 0 Å². The monoisotopic (exact) mass is 385 g/mol. The van der Waals surface area contributed by atoms with Gasteiger partial charge < -0.3 is 24.6 Å². The third kappa shape index (κ3) is 5.83. The van der Waals surface area contributed by atoms with E-state index in [4.69, 9.17) is 14.2 Å². The number of carbonyl (C=O) groups excluding carboxylic acids is 2. The van der Waals surface area contributed by atoms with Crippen LogP contribution in [0, 0.1) is 0 Å². The molecule has 0 spiro atoms. The van der Waals surface area contributed by atoms with Crippen molar-refractivity contribution in [2.45, 2.75) is 25.8 Å². The molecular formula is C17H23NO7S. The molecule has 2 N–H and O–H groups in total. The molecule has 0 aromatic heterocycles. The number of esters is 1. The second kappa shape index (κ2) is 10.5. The van der Waals surface area contributed by atoms with Gasteiger partial charge in [0.1, 0.15) is 6.04 Å². The summed E-state index contributed by atoms with van der Waals surface area (Å²) in [5, 5.41) is 11.7. The Morgan fingerprint density at radius 2 is 1.77 bits per heavy atom. The molecule has 0 unspecified atom stereocenters. The van der Waals surface area contributed by atoms with Crippen molar-refractivity contribution in [1.82, 2.24) is 5.32 Å². The summed E-state index contributed by atoms with van der Waals surface area (Å²) in [7, 11) is 2.72. The Morgan fingerprint density at radius 1 is 1.19 bits per heavy atom. The molecule has 0 aliphatic carbocycles. The standard InChI is InChI=1S/C17H23NO7S/c1-5-14(19)25-15-12(23-2)8-10(9-13(15)24-3)16(20)18-11(17(21)22)6-7-26-4/h8-9,11H,5-7H2,1-4H3,(H,18,20)(H,21,22)/t11-/m0/s1. The minimum atomic E-state index is -1.11. The Morgan fingerprint density at radius 3 is 2.19 bits per heavy atom. The third-order valence-electron chi connectivity index (χ3n) is 3.44. The predicted octanol–water partition coefficient (Wildman–Crippen LogP) is 1.96. The number of carboxylic acids is 1. The summed E-state index contributed by atoms with van der Waals surface area (Å²) in [4.78, 5) is 35.3. The van der Waals surface area contributed by atoms with Crippen LogP contribution < -0.4 is 19.5 Å². The zero-order valence-electron chi connectivity index (χ0n) is 15.2. The highest BCUT2D eigenvalue weighted by Crippen LogP contribution is 2.38. The average molecular weight is 385 g/mol. The van der Waals surface area contributed by atoms with Crippen molar-refractivity contribution in [3.05, 3.63) is 17.7 Å². The highest BCUT2D eigenvalue weighted by Gasteiger charge is 2.23. The fourth-order valence-corrected chi connectivity index (χ4v) is 2.50. The molecule has 0 aliphatic rings. The van der Waals surface area contributed by atoms with Crippen LogP contribution in [0.4, 0.5) is 0 Å². The fourth-order valence-electron chi connectivity index (χ4n) is 2.03. The molecule has 0 radical (unpaired) electrons. The Hall–Kier alpha value is -2.42. The maximum atomic E-state index is 12.4. The number of nitrogens with one attached hydrogen (secondary N) is 1. The van der Waals surface area contributed by atoms with E-state index < -0.39 is 23.9 Å². The van der Waals surface area contributed by atoms with Crippen molar-refractivity contribution >= 4 is 29.6 Å². The molecule has 0 heterocycles. The van der Waals surface area contributed by atoms with Crippen molar-refractivity contribution in [2.24, 2.45) is 0 Å². The minimum Gasteiger partial charge on any atom is -0.493 e. The molecule has 1 amide bonds. The maximum absolute atomic E-state index is 12.4. The molecular weight excluding hydrogens is 362 g/mol. The van der Waals surface area contributed by atoms with Crippen LogP contribution in [0.15, 0.2) is 12.1 Å². The number of amides is 1. The lowest BCUT2D eigenvalue weighted by Gasteiger charge is -2.17. The number of thioether (sulfide) groups is 1. The topological polar surface area (TPSA) is 111 Å². The zero-order valence-corrected chi connectivity index (χ0v) is 16.0. The number of benzene rings is 1. The molecule has 9 heteroatoms. The van der Waals surface area contributed by atoms with Crippen molar-refractivity contribution in [1.29, 1.82) is 0 Å². The second-order valence-corrected chi connectivity index (χ2v) is 6.17. The minimum absolute atomic E-state index is 0.0653. The summed E-state index contributed by atoms with van der Waals surface area (Å²) in [6.07, 6.45) is 2.31. The molecule has 1 aromatic rings. The van der Waals surface area contributed by atoms with Crippen LogP contribution in [0.3, 0.4) is 0 Å². The van der Waals surface area contributed by atoms with Crippen LogP contribution in [0.1, 0.15) is 30.1 Å². The van der Waals surface area contributed by atoms with Gasteiger partial charge in [-0.1, -0.05) is 6.92 Å². The van der Waals surface area contributed by atoms with Gasteiger partial charge >= 0.3 is 11.9 Å². The first-order chi connectivity index (χ1) is 12.4. The summed E-state index contributed by atoms with van der Waals surface area (Å²) >= 11 is 1.49. The van der Waals surface area contributed by atoms with E-state index in [1.807, 2.05) is 6.26 Å². The van der Waals surface area contributed by atoms with Gasteiger partial charge in [-0.15, -0.1) is 0 Å². The van der Waals surface area contributed by atoms with Gasteiger partial charge in [-0.2, -0.15) is 11.8 Å². The molecule has 0 aliphatic heterocycles. The number of methoxy groups -OCH3 is 2. The summed E-state index contributed by atoms with van der Waals surface area (Å²) in [5.41, 5.74) is 0.130. The lowest BCUT2D eigenvalue weighted by molar-refractivity contribution is -0.139. The smallest absolute Gasteiger partial charge is 0.326 e. The Bertz CT molecular complexity index is 638. The number of carbonyl (C=O) groups is 3. The largest absolute Gasteiger partial charge is 0.493 e. The predicted molar refractivity (Wildman–Crippen MR) is 97.4 cm³/mol. The maximum Gasteiger partial charge on any atom is 0.326 e. The van der Waals surface area contributed by atoms with Gasteiger partial charge in [-0.05, 0) is 30.6 Å². The highest BCUT2D eigenvalue weighted by molar-refractivity contribution is 7.98. The van der Waals surface area contributed by atoms with Crippen molar-refractivity contribution in [3.8, 4) is 17.2 Å². The first-order valence-electron chi connectivity index (χ1n) is 7.87. The van der Waals surface area contributed by atoms with E-state index in [1.165, 1.54) is 38.1 Å². The first-order valence-corrected chi connectivity index (χ1v) is 9.26. The summed E-state index contributed by atoms with van der Waals surface area (Å²) in [6, 6.07) is 1.72. The molecule has 0 fully saturated rings. The third-order valence-corrected chi connectivity index (χ3v) is 4.09. The summed E-state index contributed by atoms with van der Waals surface area (Å²) in [5.74, 6) is -1.27. The Kier molecular flexibility index (Phi) is 8.77. The second-order valence-electron chi connectivity index (χ2n) is 5.18. The summed E-state index contributed by atoms with van der Waals surface area (Å²) in [6.45, 7) is 1.64. The number of hydrogen-bond donors (Lipinski definition) is 2. The van der Waals surface area contributed by atoms with E-state index in [1.54, 1.807) is 6.92 Å². The Labute approximate surface area is 156 Å². The molecule has 1 aromatic carbocycles. The molecule has 1 rings (SSSR count). The van der Waals surface area contributed by atoms with Crippen LogP contribution in [0.25, 0.3) is 0 Å². The zero-order chi connectivity index (χ0) is 19.7. The number of carboxylic acid groups (broad SMARTS) is 1. The molecule has 8 nitrogen and oxygen atoms in total. The van der Waals surface area contributed by atoms with Crippen molar-refractivity contribution < 1.29 is 33.7 Å². The quantitative estimate of drug-likeness (QED) is 0.464. The van der Waals surface area contributed by atoms with E-state index in [-0.39, 0.29) is 29.2 Å². The SMILES string of the molecule is CCC(=O)Oc1c(OC)cc(C(=O)N[C@@H](CCSC)C(=O)O)cc1OC. The Balaban J connectivity index is 3.13. The normalized spacial score (nSPS) is 11.4. The number of ether oxygens (including phenoxy) is 3. The number of hydrogen-bond acceptors (Lipinski definition) is 7. The van der Waals surface area contributed by atoms with Gasteiger partial charge in [-0.3, -0.25) is 9.59 Å². The van der Waals surface area contributed by atoms with Gasteiger partial charge in [-0.25, -0.2) is 4.79 Å². The molecule has 144 valence electrons. The fraction of sp³-hybridized carbons (Fsp3) is 0.471. The lowest BCUT2D eigenvalue weighted by atomic mass is 10.1. The van der Waals surface area contributed by atoms with Crippen LogP contribution >= 0.6 is 11.8 Å². The van der Waals surface area contributed by atoms with E-state index >= 15 is 0 Å². The molecule has 1 atom stereocenters. The van der Waals surface area contributed by atoms with E-state index in [0.29, 0.717) is 12.2 Å². The lowest BCUT2D eigenvalue weighted by Crippen LogP contribution is -2.41. The van der Waals surface area contributed by atoms with E-state index in [9.17, 15) is 19.5 Å². The van der Waals surface area contributed by atoms with Gasteiger partial charge in [0.05, 0.1) is 14.2 Å². The first kappa shape index (κ1) is 21.6.